The maximum atomic E-state index is 13.0. The van der Waals surface area contributed by atoms with Gasteiger partial charge in [-0.2, -0.15) is 0 Å². The minimum atomic E-state index is -0.697. The molecule has 1 N–H and O–H groups in total. The van der Waals surface area contributed by atoms with Crippen LogP contribution in [0.4, 0.5) is 0 Å². The van der Waals surface area contributed by atoms with Gasteiger partial charge in [0, 0.05) is 17.6 Å². The lowest BCUT2D eigenvalue weighted by molar-refractivity contribution is -0.131. The molecular weight excluding hydrogens is 414 g/mol. The normalized spacial score (nSPS) is 22.7. The Hall–Kier alpha value is -2.38. The van der Waals surface area contributed by atoms with Crippen LogP contribution in [0.3, 0.4) is 0 Å². The third kappa shape index (κ3) is 3.33. The van der Waals surface area contributed by atoms with Gasteiger partial charge >= 0.3 is 0 Å². The summed E-state index contributed by atoms with van der Waals surface area (Å²) in [5, 5.41) is 10.5. The summed E-state index contributed by atoms with van der Waals surface area (Å²) >= 11 is 3.43. The molecule has 1 aromatic heterocycles. The van der Waals surface area contributed by atoms with Crippen molar-refractivity contribution in [1.82, 2.24) is 4.90 Å². The zero-order valence-corrected chi connectivity index (χ0v) is 16.0. The Bertz CT molecular complexity index is 899. The quantitative estimate of drug-likeness (QED) is 0.728. The Balaban J connectivity index is 1.76. The van der Waals surface area contributed by atoms with E-state index in [-0.39, 0.29) is 17.4 Å². The maximum absolute atomic E-state index is 13.0. The molecule has 4 rings (SSSR count). The highest BCUT2D eigenvalue weighted by molar-refractivity contribution is 9.10. The molecule has 2 aromatic rings. The van der Waals surface area contributed by atoms with Gasteiger partial charge in [-0.25, -0.2) is 0 Å². The van der Waals surface area contributed by atoms with E-state index in [0.717, 1.165) is 22.9 Å². The first-order valence-corrected chi connectivity index (χ1v) is 9.55. The highest BCUT2D eigenvalue weighted by Gasteiger charge is 2.45. The standard InChI is InChI=1S/C20H18BrNO5/c21-13-5-1-4-12(10-13)17-16(18(23)15-7-3-9-27-15)19(24)20(25)22(17)11-14-6-2-8-26-14/h1,3-5,7,9-10,14,17,24H,2,6,8,11H2/t14-,17-/m1/s1. The number of aliphatic hydroxyl groups is 1. The van der Waals surface area contributed by atoms with E-state index in [0.29, 0.717) is 13.2 Å². The van der Waals surface area contributed by atoms with Crippen LogP contribution in [-0.4, -0.2) is 41.0 Å². The Morgan fingerprint density at radius 3 is 2.81 bits per heavy atom. The number of hydrogen-bond acceptors (Lipinski definition) is 5. The average molecular weight is 432 g/mol. The molecule has 0 aliphatic carbocycles. The number of carbonyl (C=O) groups is 2. The van der Waals surface area contributed by atoms with Gasteiger partial charge in [0.25, 0.3) is 5.91 Å². The number of ether oxygens (including phenoxy) is 1. The monoisotopic (exact) mass is 431 g/mol. The molecule has 1 aromatic carbocycles. The van der Waals surface area contributed by atoms with E-state index >= 15 is 0 Å². The fraction of sp³-hybridized carbons (Fsp3) is 0.300. The molecule has 140 valence electrons. The molecule has 2 aliphatic rings. The van der Waals surface area contributed by atoms with Gasteiger partial charge in [-0.3, -0.25) is 9.59 Å². The predicted octanol–water partition coefficient (Wildman–Crippen LogP) is 3.80. The van der Waals surface area contributed by atoms with Crippen LogP contribution in [0.5, 0.6) is 0 Å². The van der Waals surface area contributed by atoms with Crippen LogP contribution >= 0.6 is 15.9 Å². The molecule has 0 spiro atoms. The fourth-order valence-electron chi connectivity index (χ4n) is 3.65. The summed E-state index contributed by atoms with van der Waals surface area (Å²) in [6, 6.07) is 9.79. The van der Waals surface area contributed by atoms with Crippen LogP contribution in [0, 0.1) is 0 Å². The van der Waals surface area contributed by atoms with E-state index in [9.17, 15) is 14.7 Å². The second-order valence-corrected chi connectivity index (χ2v) is 7.53. The summed E-state index contributed by atoms with van der Waals surface area (Å²) in [4.78, 5) is 27.3. The van der Waals surface area contributed by atoms with Gasteiger partial charge in [-0.05, 0) is 42.7 Å². The third-order valence-corrected chi connectivity index (χ3v) is 5.38. The molecular formula is C20H18BrNO5. The van der Waals surface area contributed by atoms with Crippen LogP contribution in [0.25, 0.3) is 0 Å². The number of benzene rings is 1. The minimum Gasteiger partial charge on any atom is -0.503 e. The summed E-state index contributed by atoms with van der Waals surface area (Å²) in [6.45, 7) is 0.973. The molecule has 0 radical (unpaired) electrons. The molecule has 6 nitrogen and oxygen atoms in total. The first-order valence-electron chi connectivity index (χ1n) is 8.75. The molecule has 0 bridgehead atoms. The van der Waals surface area contributed by atoms with Crippen LogP contribution in [0.2, 0.25) is 0 Å². The molecule has 0 unspecified atom stereocenters. The van der Waals surface area contributed by atoms with Crippen LogP contribution in [-0.2, 0) is 9.53 Å². The van der Waals surface area contributed by atoms with E-state index in [1.165, 1.54) is 17.2 Å². The number of amides is 1. The van der Waals surface area contributed by atoms with E-state index in [2.05, 4.69) is 15.9 Å². The highest BCUT2D eigenvalue weighted by Crippen LogP contribution is 2.40. The number of hydrogen-bond donors (Lipinski definition) is 1. The van der Waals surface area contributed by atoms with Crippen molar-refractivity contribution in [2.45, 2.75) is 25.0 Å². The van der Waals surface area contributed by atoms with Gasteiger partial charge in [0.1, 0.15) is 0 Å². The Labute approximate surface area is 164 Å². The number of furan rings is 1. The third-order valence-electron chi connectivity index (χ3n) is 4.88. The molecule has 27 heavy (non-hydrogen) atoms. The Morgan fingerprint density at radius 2 is 2.15 bits per heavy atom. The van der Waals surface area contributed by atoms with Crippen LogP contribution in [0.15, 0.2) is 62.9 Å². The largest absolute Gasteiger partial charge is 0.503 e. The molecule has 2 atom stereocenters. The lowest BCUT2D eigenvalue weighted by Gasteiger charge is -2.28. The van der Waals surface area contributed by atoms with Crippen molar-refractivity contribution in [3.63, 3.8) is 0 Å². The average Bonchev–Trinajstić information content (AvgIpc) is 3.40. The summed E-state index contributed by atoms with van der Waals surface area (Å²) in [6.07, 6.45) is 3.07. The smallest absolute Gasteiger partial charge is 0.290 e. The summed E-state index contributed by atoms with van der Waals surface area (Å²) in [7, 11) is 0. The van der Waals surface area contributed by atoms with E-state index in [4.69, 9.17) is 9.15 Å². The Kier molecular flexibility index (Phi) is 4.88. The second-order valence-electron chi connectivity index (χ2n) is 6.62. The van der Waals surface area contributed by atoms with E-state index in [1.54, 1.807) is 6.07 Å². The van der Waals surface area contributed by atoms with Crippen molar-refractivity contribution in [3.05, 3.63) is 69.8 Å². The van der Waals surface area contributed by atoms with Crippen molar-refractivity contribution in [1.29, 1.82) is 0 Å². The van der Waals surface area contributed by atoms with Crippen LogP contribution < -0.4 is 0 Å². The molecule has 3 heterocycles. The molecule has 1 amide bonds. The van der Waals surface area contributed by atoms with Crippen LogP contribution in [0.1, 0.15) is 35.0 Å². The number of carbonyl (C=O) groups excluding carboxylic acids is 2. The lowest BCUT2D eigenvalue weighted by atomic mass is 9.95. The molecule has 2 aliphatic heterocycles. The lowest BCUT2D eigenvalue weighted by Crippen LogP contribution is -2.37. The van der Waals surface area contributed by atoms with Gasteiger partial charge in [-0.15, -0.1) is 0 Å². The first kappa shape index (κ1) is 18.0. The maximum Gasteiger partial charge on any atom is 0.290 e. The number of rotatable bonds is 5. The van der Waals surface area contributed by atoms with Gasteiger partial charge in [0.2, 0.25) is 5.78 Å². The molecule has 7 heteroatoms. The number of halogens is 1. The fourth-order valence-corrected chi connectivity index (χ4v) is 4.06. The van der Waals surface area contributed by atoms with Crippen molar-refractivity contribution < 1.29 is 23.8 Å². The number of Topliss-reactive ketones (excluding diaryl/α,β-unsaturated/α-hetero) is 1. The molecule has 1 saturated heterocycles. The van der Waals surface area contributed by atoms with E-state index < -0.39 is 23.5 Å². The SMILES string of the molecule is O=C(C1=C(O)C(=O)N(C[C@H]2CCCO2)[C@@H]1c1cccc(Br)c1)c1ccco1. The van der Waals surface area contributed by atoms with Crippen molar-refractivity contribution in [2.75, 3.05) is 13.2 Å². The zero-order chi connectivity index (χ0) is 19.0. The summed E-state index contributed by atoms with van der Waals surface area (Å²) in [5.41, 5.74) is 0.765. The highest BCUT2D eigenvalue weighted by atomic mass is 79.9. The predicted molar refractivity (Wildman–Crippen MR) is 100 cm³/mol. The van der Waals surface area contributed by atoms with Crippen molar-refractivity contribution in [2.24, 2.45) is 0 Å². The zero-order valence-electron chi connectivity index (χ0n) is 14.4. The first-order chi connectivity index (χ1) is 13.1. The Morgan fingerprint density at radius 1 is 1.30 bits per heavy atom. The number of ketones is 1. The van der Waals surface area contributed by atoms with Crippen molar-refractivity contribution >= 4 is 27.6 Å². The van der Waals surface area contributed by atoms with Crippen molar-refractivity contribution in [3.8, 4) is 0 Å². The summed E-state index contributed by atoms with van der Waals surface area (Å²) in [5.74, 6) is -1.50. The van der Waals surface area contributed by atoms with E-state index in [1.807, 2.05) is 24.3 Å². The van der Waals surface area contributed by atoms with Gasteiger partial charge in [0.05, 0.1) is 24.0 Å². The van der Waals surface area contributed by atoms with Gasteiger partial charge < -0.3 is 19.2 Å². The number of nitrogens with zero attached hydrogens (tertiary/aromatic N) is 1. The second kappa shape index (κ2) is 7.32. The summed E-state index contributed by atoms with van der Waals surface area (Å²) < 4.78 is 11.7. The van der Waals surface area contributed by atoms with Gasteiger partial charge in [-0.1, -0.05) is 28.1 Å². The molecule has 1 fully saturated rings. The van der Waals surface area contributed by atoms with Gasteiger partial charge in [0.15, 0.2) is 11.5 Å². The minimum absolute atomic E-state index is 0.0334. The number of aliphatic hydroxyl groups excluding tert-OH is 1. The molecule has 0 saturated carbocycles. The topological polar surface area (TPSA) is 80.0 Å².